The third kappa shape index (κ3) is 7.07. The molecule has 0 aliphatic carbocycles. The molecule has 40 heavy (non-hydrogen) atoms. The number of carbonyl (C=O) groups excluding carboxylic acids is 1. The number of nitrogens with zero attached hydrogens (tertiary/aromatic N) is 4. The smallest absolute Gasteiger partial charge is 0.298 e. The first-order valence-corrected chi connectivity index (χ1v) is 14.5. The van der Waals surface area contributed by atoms with Crippen LogP contribution >= 0.6 is 0 Å². The number of para-hydroxylation sites is 3. The molecule has 2 aliphatic heterocycles. The van der Waals surface area contributed by atoms with Crippen LogP contribution in [0.5, 0.6) is 5.75 Å². The van der Waals surface area contributed by atoms with Crippen molar-refractivity contribution in [2.24, 2.45) is 5.92 Å². The first-order valence-electron chi connectivity index (χ1n) is 14.5. The molecule has 0 N–H and O–H groups in total. The minimum Gasteiger partial charge on any atom is -0.492 e. The zero-order valence-corrected chi connectivity index (χ0v) is 23.6. The molecule has 4 aromatic rings. The first-order chi connectivity index (χ1) is 19.6. The molecule has 3 atom stereocenters. The molecular formula is C33H40N4O3. The fourth-order valence-corrected chi connectivity index (χ4v) is 5.75. The van der Waals surface area contributed by atoms with Crippen LogP contribution in [0.3, 0.4) is 0 Å². The predicted octanol–water partition coefficient (Wildman–Crippen LogP) is 6.54. The van der Waals surface area contributed by atoms with Crippen molar-refractivity contribution in [3.05, 3.63) is 84.7 Å². The number of likely N-dealkylation sites (tertiary alicyclic amines) is 1. The van der Waals surface area contributed by atoms with Crippen LogP contribution in [0.4, 0.5) is 6.01 Å². The molecule has 210 valence electrons. The van der Waals surface area contributed by atoms with Gasteiger partial charge in [0.05, 0.1) is 6.04 Å². The van der Waals surface area contributed by atoms with Gasteiger partial charge in [0.2, 0.25) is 0 Å². The van der Waals surface area contributed by atoms with E-state index in [0.29, 0.717) is 12.1 Å². The summed E-state index contributed by atoms with van der Waals surface area (Å²) in [5.41, 5.74) is 2.96. The number of oxazole rings is 1. The van der Waals surface area contributed by atoms with E-state index in [1.807, 2.05) is 71.9 Å². The molecule has 6 rings (SSSR count). The van der Waals surface area contributed by atoms with Crippen molar-refractivity contribution in [3.63, 3.8) is 0 Å². The molecule has 2 aliphatic rings. The number of hydrogen-bond donors (Lipinski definition) is 0. The second-order valence-corrected chi connectivity index (χ2v) is 10.9. The highest BCUT2D eigenvalue weighted by atomic mass is 16.5. The number of ether oxygens (including phenoxy) is 1. The highest BCUT2D eigenvalue weighted by Crippen LogP contribution is 2.29. The van der Waals surface area contributed by atoms with Crippen molar-refractivity contribution in [3.8, 4) is 5.75 Å². The van der Waals surface area contributed by atoms with Gasteiger partial charge in [0.15, 0.2) is 11.4 Å². The van der Waals surface area contributed by atoms with Gasteiger partial charge in [-0.05, 0) is 80.5 Å². The number of fused-ring (bicyclic) bond motifs is 1. The maximum atomic E-state index is 11.7. The second-order valence-electron chi connectivity index (χ2n) is 10.9. The lowest BCUT2D eigenvalue weighted by atomic mass is 10.00. The minimum absolute atomic E-state index is 0.0770. The lowest BCUT2D eigenvalue weighted by molar-refractivity contribution is -0.118. The van der Waals surface area contributed by atoms with Crippen molar-refractivity contribution >= 4 is 22.9 Å². The van der Waals surface area contributed by atoms with E-state index in [9.17, 15) is 4.79 Å². The summed E-state index contributed by atoms with van der Waals surface area (Å²) in [6.07, 6.45) is 9.30. The first kappa shape index (κ1) is 27.8. The van der Waals surface area contributed by atoms with Gasteiger partial charge >= 0.3 is 0 Å². The van der Waals surface area contributed by atoms with E-state index in [1.165, 1.54) is 24.9 Å². The molecule has 4 heterocycles. The van der Waals surface area contributed by atoms with Gasteiger partial charge in [0, 0.05) is 38.1 Å². The molecule has 0 spiro atoms. The summed E-state index contributed by atoms with van der Waals surface area (Å²) in [6, 6.07) is 23.0. The fraction of sp³-hybridized carbons (Fsp3) is 0.424. The van der Waals surface area contributed by atoms with Crippen LogP contribution in [0.1, 0.15) is 51.5 Å². The zero-order valence-electron chi connectivity index (χ0n) is 23.6. The fourth-order valence-electron chi connectivity index (χ4n) is 5.75. The standard InChI is InChI=1S/C19H24N2O.C14H16N2O2/c1-2-16-12-18(15-22-19-6-4-3-5-7-19)21(13-16)14-17-8-10-20-11-9-17;1-10(17)12-7-4-5-9-16(12)14-15-11-6-2-3-8-13(11)18-14/h3-11,16,18H,2,12-15H2,1H3;2-3,6,8,12H,4-5,7,9H2,1H3. The average molecular weight is 541 g/mol. The maximum Gasteiger partial charge on any atom is 0.298 e. The van der Waals surface area contributed by atoms with Gasteiger partial charge in [-0.1, -0.05) is 43.7 Å². The number of rotatable bonds is 8. The summed E-state index contributed by atoms with van der Waals surface area (Å²) >= 11 is 0. The normalized spacial score (nSPS) is 21.1. The molecule has 2 aromatic carbocycles. The van der Waals surface area contributed by atoms with Crippen molar-refractivity contribution in [2.45, 2.75) is 64.6 Å². The number of benzene rings is 2. The molecule has 2 fully saturated rings. The van der Waals surface area contributed by atoms with Crippen molar-refractivity contribution in [1.82, 2.24) is 14.9 Å². The lowest BCUT2D eigenvalue weighted by Gasteiger charge is -2.32. The van der Waals surface area contributed by atoms with Gasteiger partial charge < -0.3 is 14.1 Å². The number of aromatic nitrogens is 2. The van der Waals surface area contributed by atoms with E-state index in [1.54, 1.807) is 6.92 Å². The largest absolute Gasteiger partial charge is 0.492 e. The summed E-state index contributed by atoms with van der Waals surface area (Å²) in [7, 11) is 0. The predicted molar refractivity (Wildman–Crippen MR) is 158 cm³/mol. The van der Waals surface area contributed by atoms with Crippen LogP contribution in [0.25, 0.3) is 11.1 Å². The second kappa shape index (κ2) is 13.6. The van der Waals surface area contributed by atoms with Crippen molar-refractivity contribution in [1.29, 1.82) is 0 Å². The van der Waals surface area contributed by atoms with Gasteiger partial charge in [-0.25, -0.2) is 0 Å². The number of Topliss-reactive ketones (excluding diaryl/α,β-unsaturated/α-hetero) is 1. The highest BCUT2D eigenvalue weighted by molar-refractivity contribution is 5.85. The minimum atomic E-state index is -0.0770. The Morgan fingerprint density at radius 3 is 2.55 bits per heavy atom. The summed E-state index contributed by atoms with van der Waals surface area (Å²) in [6.45, 7) is 7.70. The topological polar surface area (TPSA) is 71.7 Å². The monoisotopic (exact) mass is 540 g/mol. The Labute approximate surface area is 237 Å². The van der Waals surface area contributed by atoms with Crippen molar-refractivity contribution in [2.75, 3.05) is 24.6 Å². The lowest BCUT2D eigenvalue weighted by Crippen LogP contribution is -2.44. The maximum absolute atomic E-state index is 11.7. The molecule has 0 amide bonds. The average Bonchev–Trinajstić information content (AvgIpc) is 3.61. The van der Waals surface area contributed by atoms with Crippen molar-refractivity contribution < 1.29 is 13.9 Å². The Morgan fingerprint density at radius 2 is 1.80 bits per heavy atom. The van der Waals surface area contributed by atoms with E-state index in [2.05, 4.69) is 33.9 Å². The molecular weight excluding hydrogens is 500 g/mol. The quantitative estimate of drug-likeness (QED) is 0.251. The Kier molecular flexibility index (Phi) is 9.45. The number of hydrogen-bond acceptors (Lipinski definition) is 7. The Morgan fingerprint density at radius 1 is 1.02 bits per heavy atom. The van der Waals surface area contributed by atoms with Crippen LogP contribution in [0, 0.1) is 5.92 Å². The summed E-state index contributed by atoms with van der Waals surface area (Å²) in [4.78, 5) is 24.8. The number of ketones is 1. The summed E-state index contributed by atoms with van der Waals surface area (Å²) < 4.78 is 11.7. The van der Waals surface area contributed by atoms with Crippen LogP contribution < -0.4 is 9.64 Å². The number of anilines is 1. The van der Waals surface area contributed by atoms with Gasteiger partial charge in [-0.15, -0.1) is 0 Å². The highest BCUT2D eigenvalue weighted by Gasteiger charge is 2.31. The SMILES string of the molecule is CC(=O)C1CCCCN1c1nc2ccccc2o1.CCC1CC(COc2ccccc2)N(Cc2ccncc2)C1. The number of pyridine rings is 1. The van der Waals surface area contributed by atoms with E-state index in [-0.39, 0.29) is 11.8 Å². The van der Waals surface area contributed by atoms with Crippen LogP contribution in [-0.2, 0) is 11.3 Å². The van der Waals surface area contributed by atoms with E-state index in [4.69, 9.17) is 9.15 Å². The molecule has 0 saturated carbocycles. The molecule has 2 aromatic heterocycles. The molecule has 0 bridgehead atoms. The van der Waals surface area contributed by atoms with E-state index < -0.39 is 0 Å². The third-order valence-electron chi connectivity index (χ3n) is 8.01. The van der Waals surface area contributed by atoms with Gasteiger partial charge in [0.25, 0.3) is 6.01 Å². The Balaban J connectivity index is 0.000000164. The summed E-state index contributed by atoms with van der Waals surface area (Å²) in [5.74, 6) is 1.94. The molecule has 0 radical (unpaired) electrons. The Bertz CT molecular complexity index is 1310. The van der Waals surface area contributed by atoms with E-state index in [0.717, 1.165) is 61.7 Å². The Hall–Kier alpha value is -3.71. The molecule has 2 saturated heterocycles. The van der Waals surface area contributed by atoms with E-state index >= 15 is 0 Å². The summed E-state index contributed by atoms with van der Waals surface area (Å²) in [5, 5.41) is 0. The van der Waals surface area contributed by atoms with Crippen LogP contribution in [-0.4, -0.2) is 52.4 Å². The van der Waals surface area contributed by atoms with Gasteiger partial charge in [0.1, 0.15) is 17.9 Å². The number of carbonyl (C=O) groups is 1. The van der Waals surface area contributed by atoms with Crippen LogP contribution in [0.15, 0.2) is 83.5 Å². The van der Waals surface area contributed by atoms with Gasteiger partial charge in [-0.2, -0.15) is 4.98 Å². The number of piperidine rings is 1. The van der Waals surface area contributed by atoms with Crippen LogP contribution in [0.2, 0.25) is 0 Å². The van der Waals surface area contributed by atoms with Gasteiger partial charge in [-0.3, -0.25) is 14.7 Å². The zero-order chi connectivity index (χ0) is 27.7. The molecule has 3 unspecified atom stereocenters. The third-order valence-corrected chi connectivity index (χ3v) is 8.01. The molecule has 7 heteroatoms. The molecule has 7 nitrogen and oxygen atoms in total.